The first-order chi connectivity index (χ1) is 8.93. The van der Waals surface area contributed by atoms with Crippen LogP contribution in [0.5, 0.6) is 0 Å². The number of carboxylic acids is 1. The molecule has 0 heterocycles. The number of hydrogen-bond donors (Lipinski definition) is 1. The van der Waals surface area contributed by atoms with E-state index in [1.54, 1.807) is 7.05 Å². The van der Waals surface area contributed by atoms with Gasteiger partial charge < -0.3 is 5.11 Å². The van der Waals surface area contributed by atoms with Crippen LogP contribution in [0.15, 0.2) is 29.2 Å². The van der Waals surface area contributed by atoms with Crippen molar-refractivity contribution < 1.29 is 18.3 Å². The molecule has 6 heteroatoms. The minimum atomic E-state index is -3.52. The van der Waals surface area contributed by atoms with Crippen LogP contribution in [0.2, 0.25) is 0 Å². The molecule has 0 aliphatic heterocycles. The molecule has 1 fully saturated rings. The Morgan fingerprint density at radius 3 is 2.21 bits per heavy atom. The van der Waals surface area contributed by atoms with Gasteiger partial charge in [0, 0.05) is 13.1 Å². The highest BCUT2D eigenvalue weighted by atomic mass is 32.2. The Morgan fingerprint density at radius 1 is 1.21 bits per heavy atom. The van der Waals surface area contributed by atoms with E-state index in [0.717, 1.165) is 25.7 Å². The Bertz CT molecular complexity index is 559. The van der Waals surface area contributed by atoms with E-state index in [0.29, 0.717) is 0 Å². The van der Waals surface area contributed by atoms with E-state index in [9.17, 15) is 13.2 Å². The number of sulfonamides is 1. The van der Waals surface area contributed by atoms with Gasteiger partial charge >= 0.3 is 5.97 Å². The van der Waals surface area contributed by atoms with Crippen molar-refractivity contribution in [2.75, 3.05) is 7.05 Å². The van der Waals surface area contributed by atoms with E-state index in [1.165, 1.54) is 28.6 Å². The summed E-state index contributed by atoms with van der Waals surface area (Å²) in [4.78, 5) is 10.9. The van der Waals surface area contributed by atoms with Crippen LogP contribution < -0.4 is 0 Å². The van der Waals surface area contributed by atoms with Crippen LogP contribution in [-0.2, 0) is 10.0 Å². The topological polar surface area (TPSA) is 74.7 Å². The second-order valence-corrected chi connectivity index (χ2v) is 6.79. The summed E-state index contributed by atoms with van der Waals surface area (Å²) in [5, 5.41) is 8.80. The first-order valence-corrected chi connectivity index (χ1v) is 7.68. The van der Waals surface area contributed by atoms with Gasteiger partial charge in [0.05, 0.1) is 10.5 Å². The van der Waals surface area contributed by atoms with Gasteiger partial charge in [-0.1, -0.05) is 12.8 Å². The standard InChI is InChI=1S/C13H17NO4S/c1-14(11-4-2-3-5-11)19(17,18)12-8-6-10(7-9-12)13(15)16/h6-9,11H,2-5H2,1H3,(H,15,16). The maximum Gasteiger partial charge on any atom is 0.335 e. The van der Waals surface area contributed by atoms with Crippen molar-refractivity contribution in [1.29, 1.82) is 0 Å². The van der Waals surface area contributed by atoms with Gasteiger partial charge in [-0.15, -0.1) is 0 Å². The van der Waals surface area contributed by atoms with Gasteiger partial charge in [0.25, 0.3) is 0 Å². The van der Waals surface area contributed by atoms with E-state index in [4.69, 9.17) is 5.11 Å². The summed E-state index contributed by atoms with van der Waals surface area (Å²) in [6.07, 6.45) is 3.90. The number of rotatable bonds is 4. The van der Waals surface area contributed by atoms with Crippen molar-refractivity contribution in [2.45, 2.75) is 36.6 Å². The zero-order valence-corrected chi connectivity index (χ0v) is 11.6. The highest BCUT2D eigenvalue weighted by Gasteiger charge is 2.29. The summed E-state index contributed by atoms with van der Waals surface area (Å²) >= 11 is 0. The summed E-state index contributed by atoms with van der Waals surface area (Å²) in [6.45, 7) is 0. The van der Waals surface area contributed by atoms with Crippen molar-refractivity contribution in [3.05, 3.63) is 29.8 Å². The molecule has 2 rings (SSSR count). The van der Waals surface area contributed by atoms with Crippen LogP contribution >= 0.6 is 0 Å². The molecular weight excluding hydrogens is 266 g/mol. The summed E-state index contributed by atoms with van der Waals surface area (Å²) in [5.74, 6) is -1.06. The normalized spacial score (nSPS) is 16.9. The molecule has 19 heavy (non-hydrogen) atoms. The first-order valence-electron chi connectivity index (χ1n) is 6.24. The average Bonchev–Trinajstić information content (AvgIpc) is 2.91. The number of carbonyl (C=O) groups is 1. The van der Waals surface area contributed by atoms with Crippen LogP contribution in [-0.4, -0.2) is 36.9 Å². The van der Waals surface area contributed by atoms with E-state index >= 15 is 0 Å². The lowest BCUT2D eigenvalue weighted by molar-refractivity contribution is 0.0696. The van der Waals surface area contributed by atoms with Crippen LogP contribution in [0.4, 0.5) is 0 Å². The smallest absolute Gasteiger partial charge is 0.335 e. The fourth-order valence-electron chi connectivity index (χ4n) is 2.40. The molecule has 0 amide bonds. The summed E-state index contributed by atoms with van der Waals surface area (Å²) in [6, 6.07) is 5.40. The van der Waals surface area contributed by atoms with Gasteiger partial charge in [0.15, 0.2) is 0 Å². The monoisotopic (exact) mass is 283 g/mol. The van der Waals surface area contributed by atoms with Crippen molar-refractivity contribution in [1.82, 2.24) is 4.31 Å². The van der Waals surface area contributed by atoms with Gasteiger partial charge in [-0.2, -0.15) is 4.31 Å². The third-order valence-corrected chi connectivity index (χ3v) is 5.54. The van der Waals surface area contributed by atoms with Gasteiger partial charge in [-0.05, 0) is 37.1 Å². The van der Waals surface area contributed by atoms with E-state index in [1.807, 2.05) is 0 Å². The highest BCUT2D eigenvalue weighted by Crippen LogP contribution is 2.27. The molecular formula is C13H17NO4S. The van der Waals surface area contributed by atoms with Gasteiger partial charge in [-0.3, -0.25) is 0 Å². The summed E-state index contributed by atoms with van der Waals surface area (Å²) in [7, 11) is -1.93. The average molecular weight is 283 g/mol. The van der Waals surface area contributed by atoms with Crippen LogP contribution in [0, 0.1) is 0 Å². The Labute approximate surface area is 112 Å². The molecule has 0 unspecified atom stereocenters. The lowest BCUT2D eigenvalue weighted by Crippen LogP contribution is -2.35. The fraction of sp³-hybridized carbons (Fsp3) is 0.462. The Balaban J connectivity index is 2.25. The Morgan fingerprint density at radius 2 is 1.74 bits per heavy atom. The molecule has 0 radical (unpaired) electrons. The van der Waals surface area contributed by atoms with Crippen LogP contribution in [0.3, 0.4) is 0 Å². The van der Waals surface area contributed by atoms with Crippen LogP contribution in [0.1, 0.15) is 36.0 Å². The molecule has 1 aliphatic rings. The predicted molar refractivity (Wildman–Crippen MR) is 70.6 cm³/mol. The molecule has 5 nitrogen and oxygen atoms in total. The lowest BCUT2D eigenvalue weighted by atomic mass is 10.2. The molecule has 104 valence electrons. The maximum atomic E-state index is 12.4. The molecule has 1 N–H and O–H groups in total. The molecule has 1 aliphatic carbocycles. The van der Waals surface area contributed by atoms with Gasteiger partial charge in [0.2, 0.25) is 10.0 Å². The number of benzene rings is 1. The SMILES string of the molecule is CN(C1CCCC1)S(=O)(=O)c1ccc(C(=O)O)cc1. The molecule has 1 aromatic carbocycles. The summed E-state index contributed by atoms with van der Waals surface area (Å²) in [5.41, 5.74) is 0.0856. The molecule has 1 saturated carbocycles. The van der Waals surface area contributed by atoms with E-state index < -0.39 is 16.0 Å². The molecule has 0 bridgehead atoms. The fourth-order valence-corrected chi connectivity index (χ4v) is 3.82. The van der Waals surface area contributed by atoms with Crippen molar-refractivity contribution >= 4 is 16.0 Å². The minimum absolute atomic E-state index is 0.0594. The van der Waals surface area contributed by atoms with Crippen molar-refractivity contribution in [3.8, 4) is 0 Å². The number of nitrogens with zero attached hydrogens (tertiary/aromatic N) is 1. The van der Waals surface area contributed by atoms with E-state index in [-0.39, 0.29) is 16.5 Å². The predicted octanol–water partition coefficient (Wildman–Crippen LogP) is 1.95. The third-order valence-electron chi connectivity index (χ3n) is 3.62. The van der Waals surface area contributed by atoms with Gasteiger partial charge in [-0.25, -0.2) is 13.2 Å². The molecule has 1 aromatic rings. The number of aromatic carboxylic acids is 1. The zero-order chi connectivity index (χ0) is 14.0. The Kier molecular flexibility index (Phi) is 3.91. The number of carboxylic acid groups (broad SMARTS) is 1. The second-order valence-electron chi connectivity index (χ2n) is 4.79. The third kappa shape index (κ3) is 2.79. The Hall–Kier alpha value is -1.40. The highest BCUT2D eigenvalue weighted by molar-refractivity contribution is 7.89. The molecule has 0 atom stereocenters. The minimum Gasteiger partial charge on any atom is -0.478 e. The second kappa shape index (κ2) is 5.30. The van der Waals surface area contributed by atoms with Gasteiger partial charge in [0.1, 0.15) is 0 Å². The van der Waals surface area contributed by atoms with Crippen molar-refractivity contribution in [2.24, 2.45) is 0 Å². The zero-order valence-electron chi connectivity index (χ0n) is 10.7. The quantitative estimate of drug-likeness (QED) is 0.916. The molecule has 0 saturated heterocycles. The number of hydrogen-bond acceptors (Lipinski definition) is 3. The van der Waals surface area contributed by atoms with Crippen molar-refractivity contribution in [3.63, 3.8) is 0 Å². The largest absolute Gasteiger partial charge is 0.478 e. The summed E-state index contributed by atoms with van der Waals surface area (Å²) < 4.78 is 26.2. The molecule has 0 spiro atoms. The van der Waals surface area contributed by atoms with Crippen LogP contribution in [0.25, 0.3) is 0 Å². The first kappa shape index (κ1) is 14.0. The lowest BCUT2D eigenvalue weighted by Gasteiger charge is -2.23. The van der Waals surface area contributed by atoms with E-state index in [2.05, 4.69) is 0 Å². The molecule has 0 aromatic heterocycles. The maximum absolute atomic E-state index is 12.4.